The Balaban J connectivity index is 1.38. The Kier molecular flexibility index (Phi) is 7.41. The zero-order valence-electron chi connectivity index (χ0n) is 20.6. The van der Waals surface area contributed by atoms with Crippen molar-refractivity contribution in [2.45, 2.75) is 19.3 Å². The lowest BCUT2D eigenvalue weighted by Gasteiger charge is -2.39. The van der Waals surface area contributed by atoms with E-state index >= 15 is 0 Å². The summed E-state index contributed by atoms with van der Waals surface area (Å²) in [6.45, 7) is 4.80. The summed E-state index contributed by atoms with van der Waals surface area (Å²) in [5.41, 5.74) is 3.33. The van der Waals surface area contributed by atoms with Crippen LogP contribution in [-0.4, -0.2) is 63.1 Å². The van der Waals surface area contributed by atoms with E-state index in [0.717, 1.165) is 69.2 Å². The number of piperazine rings is 1. The molecule has 3 aromatic rings. The summed E-state index contributed by atoms with van der Waals surface area (Å²) in [4.78, 5) is 33.5. The highest BCUT2D eigenvalue weighted by molar-refractivity contribution is 7.12. The average molecular weight is 505 g/mol. The highest BCUT2D eigenvalue weighted by Crippen LogP contribution is 2.32. The van der Waals surface area contributed by atoms with Crippen molar-refractivity contribution in [3.05, 3.63) is 70.4 Å². The normalized spacial score (nSPS) is 16.1. The number of para-hydroxylation sites is 2. The number of nitrogens with one attached hydrogen (secondary N) is 1. The van der Waals surface area contributed by atoms with Crippen LogP contribution in [0.3, 0.4) is 0 Å². The van der Waals surface area contributed by atoms with Gasteiger partial charge in [0.1, 0.15) is 5.75 Å². The van der Waals surface area contributed by atoms with Gasteiger partial charge in [0.2, 0.25) is 0 Å². The van der Waals surface area contributed by atoms with Gasteiger partial charge in [-0.1, -0.05) is 18.2 Å². The van der Waals surface area contributed by atoms with Crippen molar-refractivity contribution >= 4 is 40.2 Å². The number of carbonyl (C=O) groups is 2. The lowest BCUT2D eigenvalue weighted by Crippen LogP contribution is -2.47. The summed E-state index contributed by atoms with van der Waals surface area (Å²) in [6, 6.07) is 17.5. The van der Waals surface area contributed by atoms with Crippen LogP contribution in [0.25, 0.3) is 0 Å². The number of nitrogens with zero attached hydrogens (tertiary/aromatic N) is 3. The van der Waals surface area contributed by atoms with Gasteiger partial charge in [0.05, 0.1) is 23.2 Å². The highest BCUT2D eigenvalue weighted by atomic mass is 32.1. The Hall–Kier alpha value is -3.52. The molecule has 0 saturated carbocycles. The SMILES string of the molecule is COc1ccccc1N1CCN(c2ccc(NC(=O)c3cccs3)cc2C(=O)N2CCCCC2)CC1. The van der Waals surface area contributed by atoms with Gasteiger partial charge in [-0.3, -0.25) is 9.59 Å². The first-order chi connectivity index (χ1) is 17.6. The molecule has 8 heteroatoms. The van der Waals surface area contributed by atoms with Crippen LogP contribution in [0.2, 0.25) is 0 Å². The van der Waals surface area contributed by atoms with Crippen molar-refractivity contribution in [3.8, 4) is 5.75 Å². The van der Waals surface area contributed by atoms with E-state index in [9.17, 15) is 9.59 Å². The zero-order chi connectivity index (χ0) is 24.9. The Morgan fingerprint density at radius 2 is 1.56 bits per heavy atom. The first kappa shape index (κ1) is 24.2. The molecule has 1 N–H and O–H groups in total. The number of piperidine rings is 1. The van der Waals surface area contributed by atoms with Crippen LogP contribution in [-0.2, 0) is 0 Å². The molecular formula is C28H32N4O3S. The van der Waals surface area contributed by atoms with E-state index in [1.807, 2.05) is 52.7 Å². The highest BCUT2D eigenvalue weighted by Gasteiger charge is 2.26. The summed E-state index contributed by atoms with van der Waals surface area (Å²) >= 11 is 1.40. The molecule has 0 radical (unpaired) electrons. The number of methoxy groups -OCH3 is 1. The van der Waals surface area contributed by atoms with E-state index in [0.29, 0.717) is 16.1 Å². The van der Waals surface area contributed by atoms with Gasteiger partial charge >= 0.3 is 0 Å². The Bertz CT molecular complexity index is 1200. The van der Waals surface area contributed by atoms with Crippen LogP contribution in [0.4, 0.5) is 17.1 Å². The van der Waals surface area contributed by atoms with Gasteiger partial charge in [0.15, 0.2) is 0 Å². The largest absolute Gasteiger partial charge is 0.495 e. The fraction of sp³-hybridized carbons (Fsp3) is 0.357. The van der Waals surface area contributed by atoms with E-state index in [4.69, 9.17) is 4.74 Å². The van der Waals surface area contributed by atoms with Crippen molar-refractivity contribution in [1.29, 1.82) is 0 Å². The van der Waals surface area contributed by atoms with E-state index in [2.05, 4.69) is 21.2 Å². The van der Waals surface area contributed by atoms with Crippen molar-refractivity contribution in [2.24, 2.45) is 0 Å². The van der Waals surface area contributed by atoms with Crippen LogP contribution in [0, 0.1) is 0 Å². The van der Waals surface area contributed by atoms with Gasteiger partial charge in [0, 0.05) is 50.6 Å². The van der Waals surface area contributed by atoms with Crippen molar-refractivity contribution in [1.82, 2.24) is 4.90 Å². The molecule has 0 spiro atoms. The summed E-state index contributed by atoms with van der Waals surface area (Å²) < 4.78 is 5.56. The number of thiophene rings is 1. The molecular weight excluding hydrogens is 472 g/mol. The molecule has 2 amide bonds. The van der Waals surface area contributed by atoms with Gasteiger partial charge in [0.25, 0.3) is 11.8 Å². The van der Waals surface area contributed by atoms with E-state index < -0.39 is 0 Å². The number of carbonyl (C=O) groups excluding carboxylic acids is 2. The van der Waals surface area contributed by atoms with E-state index in [-0.39, 0.29) is 11.8 Å². The number of ether oxygens (including phenoxy) is 1. The first-order valence-electron chi connectivity index (χ1n) is 12.5. The van der Waals surface area contributed by atoms with Gasteiger partial charge in [-0.2, -0.15) is 0 Å². The maximum atomic E-state index is 13.7. The summed E-state index contributed by atoms with van der Waals surface area (Å²) in [5, 5.41) is 4.86. The molecule has 2 aliphatic rings. The van der Waals surface area contributed by atoms with E-state index in [1.54, 1.807) is 13.2 Å². The summed E-state index contributed by atoms with van der Waals surface area (Å²) in [7, 11) is 1.70. The molecule has 7 nitrogen and oxygen atoms in total. The van der Waals surface area contributed by atoms with Gasteiger partial charge in [-0.05, 0) is 61.0 Å². The van der Waals surface area contributed by atoms with Crippen LogP contribution in [0.1, 0.15) is 39.3 Å². The number of rotatable bonds is 6. The maximum Gasteiger partial charge on any atom is 0.265 e. The zero-order valence-corrected chi connectivity index (χ0v) is 21.4. The number of anilines is 3. The summed E-state index contributed by atoms with van der Waals surface area (Å²) in [5.74, 6) is 0.765. The quantitative estimate of drug-likeness (QED) is 0.514. The average Bonchev–Trinajstić information content (AvgIpc) is 3.49. The number of hydrogen-bond acceptors (Lipinski definition) is 6. The minimum atomic E-state index is -0.153. The van der Waals surface area contributed by atoms with Crippen molar-refractivity contribution in [3.63, 3.8) is 0 Å². The van der Waals surface area contributed by atoms with Gasteiger partial charge < -0.3 is 24.8 Å². The predicted octanol–water partition coefficient (Wildman–Crippen LogP) is 4.96. The van der Waals surface area contributed by atoms with Crippen LogP contribution >= 0.6 is 11.3 Å². The predicted molar refractivity (Wildman–Crippen MR) is 146 cm³/mol. The molecule has 0 bridgehead atoms. The van der Waals surface area contributed by atoms with Crippen molar-refractivity contribution in [2.75, 3.05) is 61.5 Å². The molecule has 0 aliphatic carbocycles. The molecule has 2 aliphatic heterocycles. The second kappa shape index (κ2) is 11.0. The molecule has 1 aromatic heterocycles. The molecule has 5 rings (SSSR count). The minimum Gasteiger partial charge on any atom is -0.495 e. The number of hydrogen-bond donors (Lipinski definition) is 1. The molecule has 3 heterocycles. The molecule has 0 unspecified atom stereocenters. The smallest absolute Gasteiger partial charge is 0.265 e. The lowest BCUT2D eigenvalue weighted by atomic mass is 10.1. The second-order valence-corrected chi connectivity index (χ2v) is 10.1. The van der Waals surface area contributed by atoms with Crippen LogP contribution in [0.15, 0.2) is 60.0 Å². The Morgan fingerprint density at radius 3 is 2.25 bits per heavy atom. The Labute approximate surface area is 216 Å². The fourth-order valence-electron chi connectivity index (χ4n) is 5.01. The number of amides is 2. The number of likely N-dealkylation sites (tertiary alicyclic amines) is 1. The minimum absolute atomic E-state index is 0.0454. The van der Waals surface area contributed by atoms with E-state index in [1.165, 1.54) is 17.8 Å². The topological polar surface area (TPSA) is 65.1 Å². The third-order valence-electron chi connectivity index (χ3n) is 6.92. The van der Waals surface area contributed by atoms with Gasteiger partial charge in [-0.25, -0.2) is 0 Å². The third kappa shape index (κ3) is 5.18. The first-order valence-corrected chi connectivity index (χ1v) is 13.4. The standard InChI is InChI=1S/C28H32N4O3S/c1-35-25-9-4-3-8-24(25)31-17-15-30(16-18-31)23-12-11-21(29-27(33)26-10-7-19-36-26)20-22(23)28(34)32-13-5-2-6-14-32/h3-4,7-12,19-20H,2,5-6,13-18H2,1H3,(H,29,33). The molecule has 188 valence electrons. The third-order valence-corrected chi connectivity index (χ3v) is 7.79. The number of benzene rings is 2. The molecule has 2 aromatic carbocycles. The lowest BCUT2D eigenvalue weighted by molar-refractivity contribution is 0.0724. The monoisotopic (exact) mass is 504 g/mol. The van der Waals surface area contributed by atoms with Gasteiger partial charge in [-0.15, -0.1) is 11.3 Å². The molecule has 2 saturated heterocycles. The fourth-order valence-corrected chi connectivity index (χ4v) is 5.63. The second-order valence-electron chi connectivity index (χ2n) is 9.16. The van der Waals surface area contributed by atoms with Crippen LogP contribution in [0.5, 0.6) is 5.75 Å². The van der Waals surface area contributed by atoms with Crippen molar-refractivity contribution < 1.29 is 14.3 Å². The Morgan fingerprint density at radius 1 is 0.833 bits per heavy atom. The molecule has 0 atom stereocenters. The molecule has 36 heavy (non-hydrogen) atoms. The summed E-state index contributed by atoms with van der Waals surface area (Å²) in [6.07, 6.45) is 3.24. The maximum absolute atomic E-state index is 13.7. The molecule has 2 fully saturated rings. The van der Waals surface area contributed by atoms with Crippen LogP contribution < -0.4 is 19.9 Å².